The van der Waals surface area contributed by atoms with Gasteiger partial charge >= 0.3 is 0 Å². The minimum Gasteiger partial charge on any atom is -0.507 e. The van der Waals surface area contributed by atoms with Crippen molar-refractivity contribution in [3.05, 3.63) is 98.3 Å². The first kappa shape index (κ1) is 30.4. The number of rotatable bonds is 11. The van der Waals surface area contributed by atoms with Gasteiger partial charge in [-0.3, -0.25) is 14.5 Å². The highest BCUT2D eigenvalue weighted by Crippen LogP contribution is 2.50. The summed E-state index contributed by atoms with van der Waals surface area (Å²) in [6.07, 6.45) is 6.35. The molecule has 2 saturated heterocycles. The van der Waals surface area contributed by atoms with Gasteiger partial charge < -0.3 is 14.6 Å². The first-order valence-electron chi connectivity index (χ1n) is 15.7. The zero-order valence-corrected chi connectivity index (χ0v) is 26.6. The average molecular weight is 612 g/mol. The molecule has 2 fully saturated rings. The van der Waals surface area contributed by atoms with Crippen LogP contribution in [0.2, 0.25) is 0 Å². The van der Waals surface area contributed by atoms with Crippen LogP contribution >= 0.6 is 11.3 Å². The summed E-state index contributed by atoms with van der Waals surface area (Å²) in [6, 6.07) is 17.8. The molecule has 1 N–H and O–H groups in total. The van der Waals surface area contributed by atoms with E-state index in [0.717, 1.165) is 58.6 Å². The summed E-state index contributed by atoms with van der Waals surface area (Å²) >= 11 is 1.57. The minimum atomic E-state index is -0.378. The molecule has 6 rings (SSSR count). The van der Waals surface area contributed by atoms with Gasteiger partial charge in [0.25, 0.3) is 0 Å². The number of para-hydroxylation sites is 1. The normalized spacial score (nSPS) is 23.3. The number of phenolic OH excluding ortho intramolecular Hbond substituents is 1. The van der Waals surface area contributed by atoms with Crippen LogP contribution in [-0.4, -0.2) is 41.1 Å². The molecule has 2 amide bonds. The van der Waals surface area contributed by atoms with Gasteiger partial charge in [-0.2, -0.15) is 0 Å². The SMILES string of the molecule is CCC/C(=C\c1cc(C)c(O)c(C)c1)CC[C@H]1OC[C@H]2C1=C(COc1ccccc1)C[C@H]1C(=O)N(Cc3cccs3)C(=O)[C@H]12. The van der Waals surface area contributed by atoms with Crippen molar-refractivity contribution < 1.29 is 24.2 Å². The van der Waals surface area contributed by atoms with Crippen molar-refractivity contribution in [3.63, 3.8) is 0 Å². The largest absolute Gasteiger partial charge is 0.507 e. The summed E-state index contributed by atoms with van der Waals surface area (Å²) in [6.45, 7) is 7.23. The number of aromatic hydroxyl groups is 1. The number of benzene rings is 2. The summed E-state index contributed by atoms with van der Waals surface area (Å²) in [4.78, 5) is 30.0. The van der Waals surface area contributed by atoms with Crippen LogP contribution in [0.4, 0.5) is 0 Å². The maximum Gasteiger partial charge on any atom is 0.234 e. The third-order valence-corrected chi connectivity index (χ3v) is 10.2. The van der Waals surface area contributed by atoms with Gasteiger partial charge in [0.1, 0.15) is 18.1 Å². The quantitative estimate of drug-likeness (QED) is 0.178. The third-order valence-electron chi connectivity index (χ3n) is 9.33. The smallest absolute Gasteiger partial charge is 0.234 e. The number of thiophene rings is 1. The van der Waals surface area contributed by atoms with E-state index in [1.54, 1.807) is 11.3 Å². The molecule has 44 heavy (non-hydrogen) atoms. The molecule has 230 valence electrons. The maximum atomic E-state index is 13.8. The number of hydrogen-bond acceptors (Lipinski definition) is 6. The Hall–Kier alpha value is -3.68. The number of allylic oxidation sites excluding steroid dienone is 1. The summed E-state index contributed by atoms with van der Waals surface area (Å²) in [7, 11) is 0. The van der Waals surface area contributed by atoms with E-state index in [4.69, 9.17) is 9.47 Å². The highest BCUT2D eigenvalue weighted by molar-refractivity contribution is 7.09. The summed E-state index contributed by atoms with van der Waals surface area (Å²) < 4.78 is 12.7. The lowest BCUT2D eigenvalue weighted by Crippen LogP contribution is -2.35. The lowest BCUT2D eigenvalue weighted by atomic mass is 9.69. The Kier molecular flexibility index (Phi) is 9.06. The van der Waals surface area contributed by atoms with E-state index >= 15 is 0 Å². The number of aryl methyl sites for hydroxylation is 2. The van der Waals surface area contributed by atoms with Gasteiger partial charge in [0.2, 0.25) is 11.8 Å². The molecular weight excluding hydrogens is 570 g/mol. The highest BCUT2D eigenvalue weighted by atomic mass is 32.1. The lowest BCUT2D eigenvalue weighted by Gasteiger charge is -2.32. The standard InChI is InChI=1S/C37H41NO5S/c1-4-9-25(18-26-16-23(2)35(39)24(3)17-26)13-14-32-33-27(21-42-28-10-6-5-7-11-28)19-30-34(31(33)22-43-32)37(41)38(36(30)40)20-29-12-8-15-44-29/h5-8,10-12,15-18,30-32,34,39H,4,9,13-14,19-22H2,1-3H3/b25-18+/t30-,31+,32-,34-/m1/s1. The lowest BCUT2D eigenvalue weighted by molar-refractivity contribution is -0.140. The van der Waals surface area contributed by atoms with Crippen molar-refractivity contribution in [2.75, 3.05) is 13.2 Å². The molecular formula is C37H41NO5S. The Bertz CT molecular complexity index is 1550. The van der Waals surface area contributed by atoms with Gasteiger partial charge in [-0.15, -0.1) is 11.3 Å². The van der Waals surface area contributed by atoms with Crippen LogP contribution in [0.5, 0.6) is 11.5 Å². The van der Waals surface area contributed by atoms with Crippen LogP contribution in [0.1, 0.15) is 60.6 Å². The molecule has 0 radical (unpaired) electrons. The Morgan fingerprint density at radius 3 is 2.52 bits per heavy atom. The molecule has 1 aromatic heterocycles. The van der Waals surface area contributed by atoms with Crippen molar-refractivity contribution in [2.45, 2.75) is 65.5 Å². The first-order valence-corrected chi connectivity index (χ1v) is 16.6. The molecule has 7 heteroatoms. The Morgan fingerprint density at radius 2 is 1.82 bits per heavy atom. The Labute approximate surface area is 264 Å². The number of amides is 2. The van der Waals surface area contributed by atoms with E-state index < -0.39 is 0 Å². The fourth-order valence-corrected chi connectivity index (χ4v) is 7.98. The molecule has 3 aromatic rings. The third kappa shape index (κ3) is 6.13. The Morgan fingerprint density at radius 1 is 1.05 bits per heavy atom. The van der Waals surface area contributed by atoms with Crippen LogP contribution in [0.25, 0.3) is 6.08 Å². The van der Waals surface area contributed by atoms with Gasteiger partial charge in [0, 0.05) is 10.8 Å². The molecule has 4 atom stereocenters. The molecule has 3 aliphatic rings. The molecule has 0 bridgehead atoms. The highest BCUT2D eigenvalue weighted by Gasteiger charge is 2.57. The number of carbonyl (C=O) groups is 2. The van der Waals surface area contributed by atoms with Crippen LogP contribution in [0.15, 0.2) is 76.7 Å². The number of imide groups is 1. The van der Waals surface area contributed by atoms with Crippen LogP contribution < -0.4 is 4.74 Å². The number of carbonyl (C=O) groups excluding carboxylic acids is 2. The molecule has 0 spiro atoms. The van der Waals surface area contributed by atoms with Crippen LogP contribution in [0.3, 0.4) is 0 Å². The molecule has 2 aromatic carbocycles. The van der Waals surface area contributed by atoms with E-state index in [0.29, 0.717) is 31.9 Å². The molecule has 2 aliphatic heterocycles. The second-order valence-corrected chi connectivity index (χ2v) is 13.4. The number of likely N-dealkylation sites (tertiary alicyclic amines) is 1. The Balaban J connectivity index is 1.26. The van der Waals surface area contributed by atoms with Crippen LogP contribution in [0, 0.1) is 31.6 Å². The second-order valence-electron chi connectivity index (χ2n) is 12.4. The second kappa shape index (κ2) is 13.1. The van der Waals surface area contributed by atoms with Gasteiger partial charge in [-0.25, -0.2) is 0 Å². The van der Waals surface area contributed by atoms with E-state index in [-0.39, 0.29) is 35.7 Å². The summed E-state index contributed by atoms with van der Waals surface area (Å²) in [5.74, 6) is 0.148. The topological polar surface area (TPSA) is 76.1 Å². The zero-order chi connectivity index (χ0) is 30.8. The van der Waals surface area contributed by atoms with Crippen molar-refractivity contribution in [2.24, 2.45) is 17.8 Å². The van der Waals surface area contributed by atoms with Gasteiger partial charge in [-0.1, -0.05) is 49.3 Å². The van der Waals surface area contributed by atoms with E-state index in [1.807, 2.05) is 73.8 Å². The molecule has 1 aliphatic carbocycles. The minimum absolute atomic E-state index is 0.0622. The van der Waals surface area contributed by atoms with Gasteiger partial charge in [0.05, 0.1) is 31.1 Å². The number of hydrogen-bond donors (Lipinski definition) is 1. The van der Waals surface area contributed by atoms with Crippen molar-refractivity contribution in [1.82, 2.24) is 4.90 Å². The fourth-order valence-electron chi connectivity index (χ4n) is 7.29. The monoisotopic (exact) mass is 611 g/mol. The van der Waals surface area contributed by atoms with Crippen molar-refractivity contribution in [1.29, 1.82) is 0 Å². The molecule has 6 nitrogen and oxygen atoms in total. The van der Waals surface area contributed by atoms with Crippen LogP contribution in [-0.2, 0) is 20.9 Å². The molecule has 0 unspecified atom stereocenters. The van der Waals surface area contributed by atoms with E-state index in [9.17, 15) is 14.7 Å². The number of ether oxygens (including phenoxy) is 2. The van der Waals surface area contributed by atoms with Crippen molar-refractivity contribution >= 4 is 29.2 Å². The number of fused-ring (bicyclic) bond motifs is 3. The predicted molar refractivity (Wildman–Crippen MR) is 173 cm³/mol. The summed E-state index contributed by atoms with van der Waals surface area (Å²) in [5.41, 5.74) is 6.48. The van der Waals surface area contributed by atoms with Gasteiger partial charge in [0.15, 0.2) is 0 Å². The molecule has 0 saturated carbocycles. The van der Waals surface area contributed by atoms with Gasteiger partial charge in [-0.05, 0) is 103 Å². The molecule has 3 heterocycles. The number of nitrogens with zero attached hydrogens (tertiary/aromatic N) is 1. The first-order chi connectivity index (χ1) is 21.3. The fraction of sp³-hybridized carbons (Fsp3) is 0.405. The average Bonchev–Trinajstić information content (AvgIpc) is 3.74. The maximum absolute atomic E-state index is 13.8. The van der Waals surface area contributed by atoms with Crippen molar-refractivity contribution in [3.8, 4) is 11.5 Å². The summed E-state index contributed by atoms with van der Waals surface area (Å²) in [5, 5.41) is 12.2. The zero-order valence-electron chi connectivity index (χ0n) is 25.8. The number of phenols is 1. The van der Waals surface area contributed by atoms with E-state index in [1.165, 1.54) is 16.0 Å². The van der Waals surface area contributed by atoms with E-state index in [2.05, 4.69) is 13.0 Å². The predicted octanol–water partition coefficient (Wildman–Crippen LogP) is 7.63.